The van der Waals surface area contributed by atoms with Gasteiger partial charge in [0.05, 0.1) is 11.2 Å². The Morgan fingerprint density at radius 2 is 1.58 bits per heavy atom. The number of fused-ring (bicyclic) bond motifs is 1. The van der Waals surface area contributed by atoms with E-state index in [0.717, 1.165) is 42.9 Å². The number of hydrogen-bond acceptors (Lipinski definition) is 7. The number of likely N-dealkylation sites (N-methyl/N-ethyl adjacent to an activating group) is 1. The minimum Gasteiger partial charge on any atom is -0.369 e. The Hall–Kier alpha value is -4.50. The minimum atomic E-state index is -0.671. The van der Waals surface area contributed by atoms with Crippen LogP contribution in [0.2, 0.25) is 0 Å². The van der Waals surface area contributed by atoms with E-state index in [0.29, 0.717) is 22.5 Å². The molecule has 1 aliphatic heterocycles. The number of anilines is 4. The van der Waals surface area contributed by atoms with Crippen molar-refractivity contribution in [3.63, 3.8) is 0 Å². The fraction of sp³-hybridized carbons (Fsp3) is 0.185. The number of carbonyl (C=O) groups is 2. The van der Waals surface area contributed by atoms with Gasteiger partial charge in [0.1, 0.15) is 0 Å². The van der Waals surface area contributed by atoms with Gasteiger partial charge in [0, 0.05) is 54.2 Å². The zero-order chi connectivity index (χ0) is 25.1. The Morgan fingerprint density at radius 3 is 2.28 bits per heavy atom. The number of hydrogen-bond donors (Lipinski definition) is 3. The molecule has 9 nitrogen and oxygen atoms in total. The maximum absolute atomic E-state index is 12.6. The second-order valence-corrected chi connectivity index (χ2v) is 8.80. The Bertz CT molecular complexity index is 1400. The van der Waals surface area contributed by atoms with Crippen molar-refractivity contribution in [1.82, 2.24) is 15.1 Å². The molecule has 182 valence electrons. The number of para-hydroxylation sites is 1. The van der Waals surface area contributed by atoms with Gasteiger partial charge in [-0.15, -0.1) is 10.2 Å². The molecule has 0 saturated carbocycles. The molecule has 36 heavy (non-hydrogen) atoms. The summed E-state index contributed by atoms with van der Waals surface area (Å²) in [6.07, 6.45) is 0. The zero-order valence-corrected chi connectivity index (χ0v) is 19.9. The number of piperazine rings is 1. The first kappa shape index (κ1) is 23.3. The molecule has 0 unspecified atom stereocenters. The van der Waals surface area contributed by atoms with Crippen molar-refractivity contribution in [3.8, 4) is 0 Å². The van der Waals surface area contributed by atoms with Crippen LogP contribution in [0.1, 0.15) is 20.8 Å². The van der Waals surface area contributed by atoms with Crippen molar-refractivity contribution in [2.75, 3.05) is 48.8 Å². The molecule has 1 aromatic heterocycles. The molecule has 2 amide bonds. The molecule has 0 bridgehead atoms. The lowest BCUT2D eigenvalue weighted by molar-refractivity contribution is 0.0993. The Balaban J connectivity index is 1.43. The first-order valence-corrected chi connectivity index (χ1v) is 11.7. The SMILES string of the molecule is CN1CCN(c2ccc3nnc(C(N)=O)c(Nc4ccc(C(=O)Nc5ccccc5)cc4)c3c2)CC1. The van der Waals surface area contributed by atoms with Crippen molar-refractivity contribution in [2.24, 2.45) is 5.73 Å². The third-order valence-electron chi connectivity index (χ3n) is 6.29. The highest BCUT2D eigenvalue weighted by Crippen LogP contribution is 2.31. The van der Waals surface area contributed by atoms with Gasteiger partial charge in [0.25, 0.3) is 11.8 Å². The van der Waals surface area contributed by atoms with Crippen LogP contribution in [0.15, 0.2) is 72.8 Å². The van der Waals surface area contributed by atoms with E-state index in [2.05, 4.69) is 37.7 Å². The predicted octanol–water partition coefficient (Wildman–Crippen LogP) is 3.48. The van der Waals surface area contributed by atoms with Crippen LogP contribution in [0.4, 0.5) is 22.7 Å². The highest BCUT2D eigenvalue weighted by atomic mass is 16.2. The molecule has 0 atom stereocenters. The number of rotatable bonds is 6. The summed E-state index contributed by atoms with van der Waals surface area (Å²) in [7, 11) is 2.12. The molecule has 4 aromatic rings. The van der Waals surface area contributed by atoms with Crippen molar-refractivity contribution in [1.29, 1.82) is 0 Å². The van der Waals surface area contributed by atoms with Crippen LogP contribution in [0.25, 0.3) is 10.9 Å². The molecule has 9 heteroatoms. The van der Waals surface area contributed by atoms with Gasteiger partial charge in [-0.2, -0.15) is 0 Å². The highest BCUT2D eigenvalue weighted by Gasteiger charge is 2.19. The molecular formula is C27H27N7O2. The second kappa shape index (κ2) is 10.0. The molecular weight excluding hydrogens is 454 g/mol. The lowest BCUT2D eigenvalue weighted by atomic mass is 10.1. The number of nitrogens with zero attached hydrogens (tertiary/aromatic N) is 4. The van der Waals surface area contributed by atoms with Crippen molar-refractivity contribution in [3.05, 3.63) is 84.1 Å². The van der Waals surface area contributed by atoms with E-state index in [1.54, 1.807) is 24.3 Å². The first-order chi connectivity index (χ1) is 17.5. The molecule has 0 spiro atoms. The summed E-state index contributed by atoms with van der Waals surface area (Å²) in [4.78, 5) is 29.4. The fourth-order valence-corrected chi connectivity index (χ4v) is 4.23. The molecule has 1 saturated heterocycles. The molecule has 2 heterocycles. The van der Waals surface area contributed by atoms with Crippen LogP contribution in [-0.2, 0) is 0 Å². The van der Waals surface area contributed by atoms with Gasteiger partial charge in [0.2, 0.25) is 0 Å². The van der Waals surface area contributed by atoms with Gasteiger partial charge >= 0.3 is 0 Å². The van der Waals surface area contributed by atoms with Crippen LogP contribution >= 0.6 is 0 Å². The monoisotopic (exact) mass is 481 g/mol. The maximum atomic E-state index is 12.6. The van der Waals surface area contributed by atoms with Crippen molar-refractivity contribution in [2.45, 2.75) is 0 Å². The lowest BCUT2D eigenvalue weighted by Gasteiger charge is -2.34. The Kier molecular flexibility index (Phi) is 6.46. The third-order valence-corrected chi connectivity index (χ3v) is 6.29. The van der Waals surface area contributed by atoms with Crippen molar-refractivity contribution >= 4 is 45.5 Å². The van der Waals surface area contributed by atoms with Crippen LogP contribution in [0.5, 0.6) is 0 Å². The maximum Gasteiger partial charge on any atom is 0.271 e. The number of primary amides is 1. The number of amides is 2. The molecule has 4 N–H and O–H groups in total. The highest BCUT2D eigenvalue weighted by molar-refractivity contribution is 6.07. The standard InChI is InChI=1S/C27H27N7O2/c1-33-13-15-34(16-14-33)21-11-12-23-22(17-21)24(25(26(28)35)32-31-23)29-20-9-7-18(8-10-20)27(36)30-19-5-3-2-4-6-19/h2-12,17H,13-16H2,1H3,(H2,28,35)(H,29,31)(H,30,36). The van der Waals surface area contributed by atoms with Crippen LogP contribution in [0, 0.1) is 0 Å². The third kappa shape index (κ3) is 4.96. The van der Waals surface area contributed by atoms with E-state index in [-0.39, 0.29) is 11.6 Å². The van der Waals surface area contributed by atoms with Crippen LogP contribution in [-0.4, -0.2) is 60.1 Å². The van der Waals surface area contributed by atoms with Crippen LogP contribution < -0.4 is 21.3 Å². The largest absolute Gasteiger partial charge is 0.369 e. The Labute approximate surface area is 208 Å². The summed E-state index contributed by atoms with van der Waals surface area (Å²) in [6, 6.07) is 22.2. The topological polar surface area (TPSA) is 116 Å². The molecule has 1 fully saturated rings. The molecule has 0 aliphatic carbocycles. The van der Waals surface area contributed by atoms with E-state index >= 15 is 0 Å². The summed E-state index contributed by atoms with van der Waals surface area (Å²) in [6.45, 7) is 3.79. The molecule has 0 radical (unpaired) electrons. The zero-order valence-electron chi connectivity index (χ0n) is 19.9. The number of benzene rings is 3. The molecule has 5 rings (SSSR count). The van der Waals surface area contributed by atoms with E-state index in [1.165, 1.54) is 0 Å². The molecule has 1 aliphatic rings. The molecule has 3 aromatic carbocycles. The number of nitrogens with one attached hydrogen (secondary N) is 2. The average molecular weight is 482 g/mol. The van der Waals surface area contributed by atoms with Crippen molar-refractivity contribution < 1.29 is 9.59 Å². The summed E-state index contributed by atoms with van der Waals surface area (Å²) >= 11 is 0. The van der Waals surface area contributed by atoms with Gasteiger partial charge < -0.3 is 26.2 Å². The Morgan fingerprint density at radius 1 is 0.861 bits per heavy atom. The first-order valence-electron chi connectivity index (χ1n) is 11.7. The number of carbonyl (C=O) groups excluding carboxylic acids is 2. The van der Waals surface area contributed by atoms with E-state index < -0.39 is 5.91 Å². The van der Waals surface area contributed by atoms with Gasteiger partial charge in [-0.1, -0.05) is 18.2 Å². The van der Waals surface area contributed by atoms with Gasteiger partial charge in [0.15, 0.2) is 5.69 Å². The second-order valence-electron chi connectivity index (χ2n) is 8.80. The fourth-order valence-electron chi connectivity index (χ4n) is 4.23. The number of aromatic nitrogens is 2. The van der Waals surface area contributed by atoms with Gasteiger partial charge in [-0.05, 0) is 61.6 Å². The summed E-state index contributed by atoms with van der Waals surface area (Å²) in [5, 5.41) is 15.2. The van der Waals surface area contributed by atoms with Crippen LogP contribution in [0.3, 0.4) is 0 Å². The number of nitrogens with two attached hydrogens (primary N) is 1. The predicted molar refractivity (Wildman–Crippen MR) is 142 cm³/mol. The minimum absolute atomic E-state index is 0.0592. The summed E-state index contributed by atoms with van der Waals surface area (Å²) in [5.41, 5.74) is 9.82. The van der Waals surface area contributed by atoms with E-state index in [1.807, 2.05) is 48.5 Å². The van der Waals surface area contributed by atoms with Gasteiger partial charge in [-0.3, -0.25) is 9.59 Å². The average Bonchev–Trinajstić information content (AvgIpc) is 2.90. The van der Waals surface area contributed by atoms with Gasteiger partial charge in [-0.25, -0.2) is 0 Å². The summed E-state index contributed by atoms with van der Waals surface area (Å²) < 4.78 is 0. The normalized spacial score (nSPS) is 14.0. The van der Waals surface area contributed by atoms with E-state index in [4.69, 9.17) is 5.73 Å². The lowest BCUT2D eigenvalue weighted by Crippen LogP contribution is -2.44. The van der Waals surface area contributed by atoms with E-state index in [9.17, 15) is 9.59 Å². The quantitative estimate of drug-likeness (QED) is 0.386. The summed E-state index contributed by atoms with van der Waals surface area (Å²) in [5.74, 6) is -0.880. The smallest absolute Gasteiger partial charge is 0.271 e.